The summed E-state index contributed by atoms with van der Waals surface area (Å²) in [5, 5.41) is 13.5. The number of hydrogen-bond acceptors (Lipinski definition) is 6. The standard InChI is InChI=1S/C34H43NO6Si/c1-33(2,3)41-32(38)35-22-26(30(36)29(23-35)40-31(37)25-16-10-7-11-17-25)24-39-42(34(4,5)6,27-18-12-8-13-19-27)28-20-14-9-15-21-28/h7-21,26,29-30,36H,22-24H2,1-6H3/t26-,29-,30-/m1/s1. The summed E-state index contributed by atoms with van der Waals surface area (Å²) in [5.41, 5.74) is -0.330. The predicted molar refractivity (Wildman–Crippen MR) is 167 cm³/mol. The van der Waals surface area contributed by atoms with Crippen molar-refractivity contribution in [2.24, 2.45) is 5.92 Å². The van der Waals surface area contributed by atoms with Crippen molar-refractivity contribution < 1.29 is 28.6 Å². The molecule has 0 spiro atoms. The molecule has 1 heterocycles. The Kier molecular flexibility index (Phi) is 9.60. The lowest BCUT2D eigenvalue weighted by molar-refractivity contribution is -0.0936. The lowest BCUT2D eigenvalue weighted by Crippen LogP contribution is -2.67. The first kappa shape index (κ1) is 31.5. The van der Waals surface area contributed by atoms with Gasteiger partial charge in [-0.05, 0) is 48.3 Å². The van der Waals surface area contributed by atoms with Crippen LogP contribution in [-0.2, 0) is 13.9 Å². The summed E-state index contributed by atoms with van der Waals surface area (Å²) in [4.78, 5) is 27.7. The highest BCUT2D eigenvalue weighted by molar-refractivity contribution is 6.99. The molecular formula is C34H43NO6Si. The maximum Gasteiger partial charge on any atom is 0.410 e. The molecule has 8 heteroatoms. The monoisotopic (exact) mass is 589 g/mol. The number of carbonyl (C=O) groups is 2. The number of benzene rings is 3. The number of amides is 1. The van der Waals surface area contributed by atoms with Gasteiger partial charge in [0.25, 0.3) is 8.32 Å². The van der Waals surface area contributed by atoms with E-state index in [2.05, 4.69) is 45.0 Å². The normalized spacial score (nSPS) is 19.7. The van der Waals surface area contributed by atoms with Crippen molar-refractivity contribution in [1.82, 2.24) is 4.90 Å². The van der Waals surface area contributed by atoms with Crippen molar-refractivity contribution in [3.05, 3.63) is 96.6 Å². The Morgan fingerprint density at radius 1 is 0.810 bits per heavy atom. The van der Waals surface area contributed by atoms with Gasteiger partial charge in [0, 0.05) is 19.1 Å². The smallest absolute Gasteiger partial charge is 0.410 e. The zero-order valence-electron chi connectivity index (χ0n) is 25.4. The Balaban J connectivity index is 1.67. The molecule has 1 fully saturated rings. The largest absolute Gasteiger partial charge is 0.454 e. The Hall–Kier alpha value is -3.46. The second-order valence-corrected chi connectivity index (χ2v) is 17.2. The summed E-state index contributed by atoms with van der Waals surface area (Å²) in [5.74, 6) is -1.08. The predicted octanol–water partition coefficient (Wildman–Crippen LogP) is 5.02. The highest BCUT2D eigenvalue weighted by atomic mass is 28.4. The van der Waals surface area contributed by atoms with Gasteiger partial charge in [-0.25, -0.2) is 9.59 Å². The molecule has 0 aliphatic carbocycles. The Labute approximate surface area is 250 Å². The highest BCUT2D eigenvalue weighted by Gasteiger charge is 2.51. The minimum absolute atomic E-state index is 0.0182. The zero-order valence-corrected chi connectivity index (χ0v) is 26.4. The van der Waals surface area contributed by atoms with Gasteiger partial charge < -0.3 is 23.9 Å². The van der Waals surface area contributed by atoms with E-state index in [0.717, 1.165) is 10.4 Å². The first-order valence-corrected chi connectivity index (χ1v) is 16.4. The number of aliphatic hydroxyl groups is 1. The van der Waals surface area contributed by atoms with Crippen LogP contribution in [0.1, 0.15) is 51.9 Å². The van der Waals surface area contributed by atoms with Crippen LogP contribution in [0.5, 0.6) is 0 Å². The molecule has 3 aromatic rings. The van der Waals surface area contributed by atoms with Gasteiger partial charge in [0.15, 0.2) is 0 Å². The van der Waals surface area contributed by atoms with Crippen LogP contribution >= 0.6 is 0 Å². The fourth-order valence-electron chi connectivity index (χ4n) is 5.60. The Morgan fingerprint density at radius 3 is 1.79 bits per heavy atom. The van der Waals surface area contributed by atoms with E-state index in [0.29, 0.717) is 5.56 Å². The van der Waals surface area contributed by atoms with E-state index in [1.54, 1.807) is 45.0 Å². The molecule has 224 valence electrons. The molecule has 1 saturated heterocycles. The molecule has 3 aromatic carbocycles. The van der Waals surface area contributed by atoms with Crippen LogP contribution in [0.15, 0.2) is 91.0 Å². The Morgan fingerprint density at radius 2 is 1.31 bits per heavy atom. The molecule has 3 atom stereocenters. The van der Waals surface area contributed by atoms with E-state index in [1.165, 1.54) is 4.90 Å². The second-order valence-electron chi connectivity index (χ2n) is 12.9. The van der Waals surface area contributed by atoms with E-state index in [4.69, 9.17) is 13.9 Å². The average molecular weight is 590 g/mol. The summed E-state index contributed by atoms with van der Waals surface area (Å²) < 4.78 is 18.6. The van der Waals surface area contributed by atoms with Crippen molar-refractivity contribution >= 4 is 30.8 Å². The lowest BCUT2D eigenvalue weighted by Gasteiger charge is -2.46. The molecule has 4 rings (SSSR count). The van der Waals surface area contributed by atoms with E-state index in [-0.39, 0.29) is 24.7 Å². The Bertz CT molecular complexity index is 1280. The number of esters is 1. The molecule has 0 unspecified atom stereocenters. The van der Waals surface area contributed by atoms with Crippen molar-refractivity contribution in [2.75, 3.05) is 19.7 Å². The van der Waals surface area contributed by atoms with Crippen molar-refractivity contribution in [1.29, 1.82) is 0 Å². The third-order valence-electron chi connectivity index (χ3n) is 7.57. The van der Waals surface area contributed by atoms with Crippen molar-refractivity contribution in [2.45, 2.75) is 64.4 Å². The second kappa shape index (κ2) is 12.8. The van der Waals surface area contributed by atoms with Crippen LogP contribution in [0, 0.1) is 5.92 Å². The summed E-state index contributed by atoms with van der Waals surface area (Å²) >= 11 is 0. The third-order valence-corrected chi connectivity index (χ3v) is 12.6. The van der Waals surface area contributed by atoms with Crippen LogP contribution in [0.2, 0.25) is 5.04 Å². The summed E-state index contributed by atoms with van der Waals surface area (Å²) in [7, 11) is -2.91. The molecule has 0 bridgehead atoms. The van der Waals surface area contributed by atoms with E-state index in [9.17, 15) is 14.7 Å². The highest BCUT2D eigenvalue weighted by Crippen LogP contribution is 2.37. The van der Waals surface area contributed by atoms with Crippen LogP contribution in [-0.4, -0.2) is 67.9 Å². The number of nitrogens with zero attached hydrogens (tertiary/aromatic N) is 1. The first-order valence-electron chi connectivity index (χ1n) is 14.5. The van der Waals surface area contributed by atoms with Crippen LogP contribution < -0.4 is 10.4 Å². The van der Waals surface area contributed by atoms with Crippen molar-refractivity contribution in [3.8, 4) is 0 Å². The maximum absolute atomic E-state index is 13.2. The molecule has 1 aliphatic rings. The van der Waals surface area contributed by atoms with E-state index in [1.807, 2.05) is 42.5 Å². The van der Waals surface area contributed by atoms with Crippen LogP contribution in [0.3, 0.4) is 0 Å². The lowest BCUT2D eigenvalue weighted by atomic mass is 9.93. The summed E-state index contributed by atoms with van der Waals surface area (Å²) in [6.45, 7) is 12.4. The number of carbonyl (C=O) groups excluding carboxylic acids is 2. The van der Waals surface area contributed by atoms with Gasteiger partial charge in [-0.3, -0.25) is 0 Å². The summed E-state index contributed by atoms with van der Waals surface area (Å²) in [6.07, 6.45) is -2.52. The molecule has 0 aromatic heterocycles. The first-order chi connectivity index (χ1) is 19.8. The van der Waals surface area contributed by atoms with Gasteiger partial charge in [-0.1, -0.05) is 99.6 Å². The molecule has 0 radical (unpaired) electrons. The minimum atomic E-state index is -2.91. The quantitative estimate of drug-likeness (QED) is 0.308. The van der Waals surface area contributed by atoms with E-state index >= 15 is 0 Å². The zero-order chi connectivity index (χ0) is 30.5. The van der Waals surface area contributed by atoms with Crippen LogP contribution in [0.25, 0.3) is 0 Å². The van der Waals surface area contributed by atoms with Crippen molar-refractivity contribution in [3.63, 3.8) is 0 Å². The number of piperidine rings is 1. The van der Waals surface area contributed by atoms with E-state index < -0.39 is 44.1 Å². The van der Waals surface area contributed by atoms with Gasteiger partial charge in [0.2, 0.25) is 0 Å². The molecule has 0 saturated carbocycles. The molecule has 1 amide bonds. The van der Waals surface area contributed by atoms with Gasteiger partial charge in [0.1, 0.15) is 11.7 Å². The number of ether oxygens (including phenoxy) is 2. The van der Waals surface area contributed by atoms with Gasteiger partial charge in [-0.15, -0.1) is 0 Å². The topological polar surface area (TPSA) is 85.3 Å². The fraction of sp³-hybridized carbons (Fsp3) is 0.412. The number of likely N-dealkylation sites (tertiary alicyclic amines) is 1. The minimum Gasteiger partial charge on any atom is -0.454 e. The molecule has 1 N–H and O–H groups in total. The average Bonchev–Trinajstić information content (AvgIpc) is 2.95. The molecule has 1 aliphatic heterocycles. The molecule has 7 nitrogen and oxygen atoms in total. The number of aliphatic hydroxyl groups excluding tert-OH is 1. The third kappa shape index (κ3) is 7.11. The van der Waals surface area contributed by atoms with Gasteiger partial charge in [0.05, 0.1) is 18.2 Å². The summed E-state index contributed by atoms with van der Waals surface area (Å²) in [6, 6.07) is 29.1. The SMILES string of the molecule is CC(C)(C)OC(=O)N1C[C@H](CO[Si](c2ccccc2)(c2ccccc2)C(C)(C)C)[C@@H](O)[C@H](OC(=O)c2ccccc2)C1. The fourth-order valence-corrected chi connectivity index (χ4v) is 10.2. The molecular weight excluding hydrogens is 546 g/mol. The number of rotatable bonds is 7. The maximum atomic E-state index is 13.2. The number of hydrogen-bond donors (Lipinski definition) is 1. The van der Waals surface area contributed by atoms with Crippen LogP contribution in [0.4, 0.5) is 4.79 Å². The van der Waals surface area contributed by atoms with Gasteiger partial charge >= 0.3 is 12.1 Å². The van der Waals surface area contributed by atoms with Gasteiger partial charge in [-0.2, -0.15) is 0 Å². The molecule has 42 heavy (non-hydrogen) atoms.